The minimum atomic E-state index is 0. The topological polar surface area (TPSA) is 7.12 Å². The van der Waals surface area contributed by atoms with Crippen LogP contribution in [0.1, 0.15) is 64.3 Å². The Hall–Kier alpha value is -0.990. The number of hydrogen-bond acceptors (Lipinski definition) is 3. The normalized spacial score (nSPS) is 11.4. The van der Waals surface area contributed by atoms with Gasteiger partial charge >= 0.3 is 0 Å². The average molecular weight is 672 g/mol. The SMILES string of the molecule is CCCN(CCC)c1ccc(-c2ccc(/C=C/c3cc[n+](CCC[N+](CC)(CC)CC)cc3)s2)s1.[Br-].[Br-]. The molecule has 206 valence electrons. The highest BCUT2D eigenvalue weighted by molar-refractivity contribution is 7.24. The van der Waals surface area contributed by atoms with E-state index in [2.05, 4.69) is 105 Å². The summed E-state index contributed by atoms with van der Waals surface area (Å²) in [6.45, 7) is 19.8. The molecule has 0 radical (unpaired) electrons. The Morgan fingerprint density at radius 3 is 1.95 bits per heavy atom. The second-order valence-electron chi connectivity index (χ2n) is 9.40. The van der Waals surface area contributed by atoms with Crippen LogP contribution in [0.15, 0.2) is 48.8 Å². The Labute approximate surface area is 255 Å². The standard InChI is InChI=1S/C30H45N3S2.2BrH/c1-6-20-32(21-7-2)30-17-16-29(35-30)28-15-14-27(34-28)13-12-26-18-23-31(24-19-26)22-11-25-33(8-3,9-4)10-5;;/h12-19,23-24H,6-11,20-22,25H2,1-5H3;2*1H/q+2;;/p-2. The van der Waals surface area contributed by atoms with Crippen molar-refractivity contribution in [2.75, 3.05) is 44.2 Å². The summed E-state index contributed by atoms with van der Waals surface area (Å²) >= 11 is 3.80. The summed E-state index contributed by atoms with van der Waals surface area (Å²) in [4.78, 5) is 6.57. The number of thiophene rings is 2. The van der Waals surface area contributed by atoms with E-state index < -0.39 is 0 Å². The van der Waals surface area contributed by atoms with Crippen LogP contribution in [0.2, 0.25) is 0 Å². The smallest absolute Gasteiger partial charge is 0.169 e. The Balaban J connectivity index is 0.00000342. The van der Waals surface area contributed by atoms with Gasteiger partial charge in [-0.15, -0.1) is 22.7 Å². The number of nitrogens with zero attached hydrogens (tertiary/aromatic N) is 3. The van der Waals surface area contributed by atoms with Crippen LogP contribution in [-0.2, 0) is 6.54 Å². The summed E-state index contributed by atoms with van der Waals surface area (Å²) in [5.41, 5.74) is 1.25. The van der Waals surface area contributed by atoms with Crippen molar-refractivity contribution in [1.82, 2.24) is 0 Å². The lowest BCUT2D eigenvalue weighted by Crippen LogP contribution is -3.00. The van der Waals surface area contributed by atoms with Gasteiger partial charge in [-0.2, -0.15) is 0 Å². The van der Waals surface area contributed by atoms with Gasteiger partial charge in [0.25, 0.3) is 0 Å². The van der Waals surface area contributed by atoms with E-state index in [1.165, 1.54) is 75.1 Å². The first-order valence-corrected chi connectivity index (χ1v) is 15.2. The quantitative estimate of drug-likeness (QED) is 0.177. The molecule has 3 aromatic rings. The van der Waals surface area contributed by atoms with Crippen molar-refractivity contribution in [3.05, 3.63) is 59.2 Å². The average Bonchev–Trinajstić information content (AvgIpc) is 3.56. The fourth-order valence-corrected chi connectivity index (χ4v) is 6.78. The van der Waals surface area contributed by atoms with Crippen molar-refractivity contribution < 1.29 is 43.0 Å². The first-order chi connectivity index (χ1) is 17.1. The van der Waals surface area contributed by atoms with Gasteiger partial charge in [0, 0.05) is 39.9 Å². The van der Waals surface area contributed by atoms with E-state index in [0.29, 0.717) is 0 Å². The van der Waals surface area contributed by atoms with Gasteiger partial charge in [0.2, 0.25) is 0 Å². The van der Waals surface area contributed by atoms with E-state index in [0.717, 1.165) is 19.6 Å². The molecule has 0 spiro atoms. The molecule has 0 amide bonds. The van der Waals surface area contributed by atoms with Crippen molar-refractivity contribution in [3.63, 3.8) is 0 Å². The lowest BCUT2D eigenvalue weighted by molar-refractivity contribution is -0.925. The molecule has 0 aromatic carbocycles. The van der Waals surface area contributed by atoms with E-state index in [4.69, 9.17) is 0 Å². The van der Waals surface area contributed by atoms with Crippen LogP contribution in [0.4, 0.5) is 5.00 Å². The number of anilines is 1. The predicted octanol–water partition coefficient (Wildman–Crippen LogP) is 1.84. The largest absolute Gasteiger partial charge is 1.00 e. The van der Waals surface area contributed by atoms with Crippen LogP contribution in [0.3, 0.4) is 0 Å². The maximum atomic E-state index is 2.52. The molecule has 0 atom stereocenters. The first kappa shape index (κ1) is 34.0. The Kier molecular flexibility index (Phi) is 16.2. The second-order valence-corrected chi connectivity index (χ2v) is 11.6. The van der Waals surface area contributed by atoms with Crippen LogP contribution in [0.25, 0.3) is 21.9 Å². The number of aryl methyl sites for hydroxylation is 1. The molecule has 0 saturated heterocycles. The van der Waals surface area contributed by atoms with Gasteiger partial charge in [-0.3, -0.25) is 0 Å². The predicted molar refractivity (Wildman–Crippen MR) is 157 cm³/mol. The number of pyridine rings is 1. The molecule has 0 bridgehead atoms. The zero-order valence-corrected chi connectivity index (χ0v) is 28.1. The molecule has 0 unspecified atom stereocenters. The lowest BCUT2D eigenvalue weighted by atomic mass is 10.2. The molecule has 37 heavy (non-hydrogen) atoms. The van der Waals surface area contributed by atoms with E-state index in [9.17, 15) is 0 Å². The van der Waals surface area contributed by atoms with Crippen molar-refractivity contribution in [1.29, 1.82) is 0 Å². The molecular weight excluding hydrogens is 626 g/mol. The molecule has 3 nitrogen and oxygen atoms in total. The van der Waals surface area contributed by atoms with Crippen LogP contribution in [0, 0.1) is 0 Å². The van der Waals surface area contributed by atoms with Crippen LogP contribution >= 0.6 is 22.7 Å². The molecular formula is C30H45Br2N3S2. The number of aromatic nitrogens is 1. The summed E-state index contributed by atoms with van der Waals surface area (Å²) in [5, 5.41) is 1.40. The highest BCUT2D eigenvalue weighted by Crippen LogP contribution is 2.37. The van der Waals surface area contributed by atoms with Crippen molar-refractivity contribution in [2.24, 2.45) is 0 Å². The van der Waals surface area contributed by atoms with Crippen molar-refractivity contribution in [3.8, 4) is 9.75 Å². The van der Waals surface area contributed by atoms with Crippen molar-refractivity contribution in [2.45, 2.75) is 60.4 Å². The Bertz CT molecular complexity index is 1030. The Morgan fingerprint density at radius 2 is 1.35 bits per heavy atom. The van der Waals surface area contributed by atoms with Gasteiger partial charge in [-0.05, 0) is 69.5 Å². The van der Waals surface area contributed by atoms with Gasteiger partial charge in [0.1, 0.15) is 0 Å². The maximum Gasteiger partial charge on any atom is 0.169 e. The minimum Gasteiger partial charge on any atom is -1.00 e. The van der Waals surface area contributed by atoms with Crippen LogP contribution < -0.4 is 43.4 Å². The molecule has 3 heterocycles. The zero-order chi connectivity index (χ0) is 25.1. The highest BCUT2D eigenvalue weighted by atomic mass is 79.9. The summed E-state index contributed by atoms with van der Waals surface area (Å²) in [6, 6.07) is 13.6. The monoisotopic (exact) mass is 669 g/mol. The van der Waals surface area contributed by atoms with Gasteiger partial charge < -0.3 is 43.3 Å². The minimum absolute atomic E-state index is 0. The fourth-order valence-electron chi connectivity index (χ4n) is 4.72. The van der Waals surface area contributed by atoms with Crippen molar-refractivity contribution >= 4 is 39.8 Å². The molecule has 0 saturated carbocycles. The third-order valence-corrected chi connectivity index (χ3v) is 9.57. The molecule has 0 aliphatic rings. The van der Waals surface area contributed by atoms with E-state index in [1.54, 1.807) is 0 Å². The Morgan fingerprint density at radius 1 is 0.757 bits per heavy atom. The highest BCUT2D eigenvalue weighted by Gasteiger charge is 2.20. The molecule has 0 aliphatic carbocycles. The summed E-state index contributed by atoms with van der Waals surface area (Å²) < 4.78 is 3.55. The van der Waals surface area contributed by atoms with Gasteiger partial charge in [0.15, 0.2) is 18.9 Å². The molecule has 0 N–H and O–H groups in total. The molecule has 0 fully saturated rings. The molecule has 7 heteroatoms. The second kappa shape index (κ2) is 17.6. The zero-order valence-electron chi connectivity index (χ0n) is 23.3. The number of rotatable bonds is 15. The molecule has 0 aliphatic heterocycles. The van der Waals surface area contributed by atoms with E-state index in [-0.39, 0.29) is 34.0 Å². The third-order valence-electron chi connectivity index (χ3n) is 7.18. The molecule has 3 rings (SSSR count). The van der Waals surface area contributed by atoms with Gasteiger partial charge in [0.05, 0.1) is 37.6 Å². The third kappa shape index (κ3) is 9.92. The van der Waals surface area contributed by atoms with Gasteiger partial charge in [-0.1, -0.05) is 19.9 Å². The summed E-state index contributed by atoms with van der Waals surface area (Å²) in [7, 11) is 0. The fraction of sp³-hybridized carbons (Fsp3) is 0.500. The van der Waals surface area contributed by atoms with Crippen LogP contribution in [-0.4, -0.2) is 43.8 Å². The molecule has 3 aromatic heterocycles. The number of halogens is 2. The summed E-state index contributed by atoms with van der Waals surface area (Å²) in [5.74, 6) is 0. The van der Waals surface area contributed by atoms with Crippen LogP contribution in [0.5, 0.6) is 0 Å². The van der Waals surface area contributed by atoms with Gasteiger partial charge in [-0.25, -0.2) is 4.57 Å². The first-order valence-electron chi connectivity index (χ1n) is 13.5. The van der Waals surface area contributed by atoms with E-state index in [1.807, 2.05) is 22.7 Å². The maximum absolute atomic E-state index is 2.52. The number of hydrogen-bond donors (Lipinski definition) is 0. The summed E-state index contributed by atoms with van der Waals surface area (Å²) in [6.07, 6.45) is 12.5. The van der Waals surface area contributed by atoms with E-state index >= 15 is 0 Å². The number of quaternary nitrogens is 1. The lowest BCUT2D eigenvalue weighted by Gasteiger charge is -2.35.